The lowest BCUT2D eigenvalue weighted by molar-refractivity contribution is 0.295. The number of rotatable bonds is 10. The highest BCUT2D eigenvalue weighted by atomic mass is 16.3. The lowest BCUT2D eigenvalue weighted by Gasteiger charge is -2.20. The molecule has 0 bridgehead atoms. The molecule has 4 aromatic heterocycles. The van der Waals surface area contributed by atoms with Crippen LogP contribution in [0, 0.1) is 0 Å². The van der Waals surface area contributed by atoms with Gasteiger partial charge in [-0.25, -0.2) is 19.9 Å². The molecular weight excluding hydrogens is 392 g/mol. The van der Waals surface area contributed by atoms with Gasteiger partial charge in [-0.1, -0.05) is 13.8 Å². The van der Waals surface area contributed by atoms with Crippen LogP contribution >= 0.6 is 0 Å². The molecule has 4 heterocycles. The van der Waals surface area contributed by atoms with Gasteiger partial charge < -0.3 is 19.1 Å². The first kappa shape index (κ1) is 21.0. The Morgan fingerprint density at radius 2 is 1.65 bits per heavy atom. The van der Waals surface area contributed by atoms with E-state index in [4.69, 9.17) is 18.8 Å². The van der Waals surface area contributed by atoms with Crippen molar-refractivity contribution in [3.63, 3.8) is 0 Å². The Labute approximate surface area is 181 Å². The Morgan fingerprint density at radius 3 is 2.26 bits per heavy atom. The molecule has 0 spiro atoms. The van der Waals surface area contributed by atoms with E-state index in [-0.39, 0.29) is 6.04 Å². The standard InChI is InChI=1S/C23H28N6O2/c1-4-29(5-2)12-6-9-16(3)26-22-21-23(25-15-24-22)28-20(18-11-8-14-31-18)19(27-21)17-10-7-13-30-17/h7-8,10-11,13-16H,4-6,9,12H2,1-3H3,(H,24,25,26,28). The fourth-order valence-electron chi connectivity index (χ4n) is 3.62. The van der Waals surface area contributed by atoms with Gasteiger partial charge >= 0.3 is 0 Å². The highest BCUT2D eigenvalue weighted by molar-refractivity contribution is 5.87. The molecule has 1 atom stereocenters. The molecule has 0 radical (unpaired) electrons. The first-order chi connectivity index (χ1) is 15.2. The third kappa shape index (κ3) is 4.74. The molecule has 0 aliphatic rings. The number of anilines is 1. The maximum Gasteiger partial charge on any atom is 0.184 e. The number of aromatic nitrogens is 4. The van der Waals surface area contributed by atoms with Gasteiger partial charge in [-0.2, -0.15) is 0 Å². The minimum Gasteiger partial charge on any atom is -0.463 e. The van der Waals surface area contributed by atoms with Crippen molar-refractivity contribution in [2.24, 2.45) is 0 Å². The number of nitrogens with one attached hydrogen (secondary N) is 1. The van der Waals surface area contributed by atoms with Gasteiger partial charge in [-0.05, 0) is 63.7 Å². The number of fused-ring (bicyclic) bond motifs is 1. The van der Waals surface area contributed by atoms with Crippen molar-refractivity contribution in [3.8, 4) is 22.9 Å². The van der Waals surface area contributed by atoms with E-state index in [2.05, 4.69) is 41.0 Å². The van der Waals surface area contributed by atoms with Gasteiger partial charge in [-0.15, -0.1) is 0 Å². The number of hydrogen-bond donors (Lipinski definition) is 1. The van der Waals surface area contributed by atoms with Crippen molar-refractivity contribution in [2.45, 2.75) is 39.7 Å². The van der Waals surface area contributed by atoms with Crippen molar-refractivity contribution in [3.05, 3.63) is 43.1 Å². The van der Waals surface area contributed by atoms with E-state index < -0.39 is 0 Å². The molecule has 4 rings (SSSR count). The van der Waals surface area contributed by atoms with Crippen LogP contribution in [0.15, 0.2) is 52.0 Å². The second-order valence-electron chi connectivity index (χ2n) is 7.48. The summed E-state index contributed by atoms with van der Waals surface area (Å²) in [6.45, 7) is 9.82. The summed E-state index contributed by atoms with van der Waals surface area (Å²) in [6, 6.07) is 7.59. The fraction of sp³-hybridized carbons (Fsp3) is 0.391. The first-order valence-electron chi connectivity index (χ1n) is 10.8. The summed E-state index contributed by atoms with van der Waals surface area (Å²) in [6.07, 6.45) is 6.89. The largest absolute Gasteiger partial charge is 0.463 e. The number of nitrogens with zero attached hydrogens (tertiary/aromatic N) is 5. The quantitative estimate of drug-likeness (QED) is 0.389. The molecule has 0 aromatic carbocycles. The van der Waals surface area contributed by atoms with Crippen molar-refractivity contribution in [2.75, 3.05) is 25.0 Å². The molecule has 0 fully saturated rings. The Bertz CT molecular complexity index is 1090. The van der Waals surface area contributed by atoms with Gasteiger partial charge in [0, 0.05) is 6.04 Å². The van der Waals surface area contributed by atoms with Gasteiger partial charge in [0.1, 0.15) is 17.7 Å². The highest BCUT2D eigenvalue weighted by Gasteiger charge is 2.20. The molecule has 8 nitrogen and oxygen atoms in total. The van der Waals surface area contributed by atoms with Crippen LogP contribution in [0.5, 0.6) is 0 Å². The first-order valence-corrected chi connectivity index (χ1v) is 10.8. The Balaban J connectivity index is 1.62. The van der Waals surface area contributed by atoms with Gasteiger partial charge in [-0.3, -0.25) is 0 Å². The Morgan fingerprint density at radius 1 is 0.968 bits per heavy atom. The molecule has 162 valence electrons. The molecule has 1 unspecified atom stereocenters. The van der Waals surface area contributed by atoms with E-state index in [1.165, 1.54) is 6.33 Å². The minimum atomic E-state index is 0.243. The third-order valence-corrected chi connectivity index (χ3v) is 5.37. The summed E-state index contributed by atoms with van der Waals surface area (Å²) in [5.41, 5.74) is 2.30. The van der Waals surface area contributed by atoms with E-state index in [1.54, 1.807) is 12.5 Å². The minimum absolute atomic E-state index is 0.243. The molecule has 0 saturated carbocycles. The smallest absolute Gasteiger partial charge is 0.184 e. The summed E-state index contributed by atoms with van der Waals surface area (Å²) in [7, 11) is 0. The van der Waals surface area contributed by atoms with Crippen molar-refractivity contribution >= 4 is 17.0 Å². The zero-order valence-corrected chi connectivity index (χ0v) is 18.2. The summed E-state index contributed by atoms with van der Waals surface area (Å²) < 4.78 is 11.2. The molecule has 0 aliphatic carbocycles. The van der Waals surface area contributed by atoms with Gasteiger partial charge in [0.25, 0.3) is 0 Å². The predicted molar refractivity (Wildman–Crippen MR) is 121 cm³/mol. The van der Waals surface area contributed by atoms with Crippen LogP contribution in [0.25, 0.3) is 34.1 Å². The monoisotopic (exact) mass is 420 g/mol. The average Bonchev–Trinajstić information content (AvgIpc) is 3.51. The van der Waals surface area contributed by atoms with E-state index >= 15 is 0 Å². The highest BCUT2D eigenvalue weighted by Crippen LogP contribution is 2.32. The van der Waals surface area contributed by atoms with Crippen molar-refractivity contribution < 1.29 is 8.83 Å². The Kier molecular flexibility index (Phi) is 6.57. The maximum absolute atomic E-state index is 5.61. The van der Waals surface area contributed by atoms with E-state index in [9.17, 15) is 0 Å². The topological polar surface area (TPSA) is 93.1 Å². The van der Waals surface area contributed by atoms with Gasteiger partial charge in [0.05, 0.1) is 12.5 Å². The predicted octanol–water partition coefficient (Wildman–Crippen LogP) is 4.86. The average molecular weight is 421 g/mol. The normalized spacial score (nSPS) is 12.5. The summed E-state index contributed by atoms with van der Waals surface area (Å²) >= 11 is 0. The zero-order valence-electron chi connectivity index (χ0n) is 18.2. The maximum atomic E-state index is 5.61. The van der Waals surface area contributed by atoms with Crippen LogP contribution in [-0.4, -0.2) is 50.5 Å². The molecule has 0 aliphatic heterocycles. The van der Waals surface area contributed by atoms with Gasteiger partial charge in [0.15, 0.2) is 28.5 Å². The van der Waals surface area contributed by atoms with Crippen LogP contribution in [0.1, 0.15) is 33.6 Å². The van der Waals surface area contributed by atoms with Crippen LogP contribution in [0.3, 0.4) is 0 Å². The number of furan rings is 2. The van der Waals surface area contributed by atoms with Gasteiger partial charge in [0.2, 0.25) is 0 Å². The van der Waals surface area contributed by atoms with E-state index in [1.807, 2.05) is 24.3 Å². The van der Waals surface area contributed by atoms with Crippen LogP contribution < -0.4 is 5.32 Å². The van der Waals surface area contributed by atoms with Crippen molar-refractivity contribution in [1.29, 1.82) is 0 Å². The molecule has 8 heteroatoms. The molecular formula is C23H28N6O2. The van der Waals surface area contributed by atoms with E-state index in [0.717, 1.165) is 32.5 Å². The van der Waals surface area contributed by atoms with Crippen molar-refractivity contribution in [1.82, 2.24) is 24.8 Å². The summed E-state index contributed by atoms with van der Waals surface area (Å²) in [5, 5.41) is 3.50. The molecule has 1 N–H and O–H groups in total. The van der Waals surface area contributed by atoms with Crippen LogP contribution in [-0.2, 0) is 0 Å². The summed E-state index contributed by atoms with van der Waals surface area (Å²) in [5.74, 6) is 1.90. The van der Waals surface area contributed by atoms with Crippen LogP contribution in [0.2, 0.25) is 0 Å². The lowest BCUT2D eigenvalue weighted by atomic mass is 10.1. The molecule has 0 saturated heterocycles. The zero-order chi connectivity index (χ0) is 21.6. The molecule has 0 amide bonds. The second kappa shape index (κ2) is 9.70. The Hall–Kier alpha value is -3.26. The lowest BCUT2D eigenvalue weighted by Crippen LogP contribution is -2.25. The van der Waals surface area contributed by atoms with E-state index in [0.29, 0.717) is 39.9 Å². The fourth-order valence-corrected chi connectivity index (χ4v) is 3.62. The number of hydrogen-bond acceptors (Lipinski definition) is 8. The molecule has 4 aromatic rings. The summed E-state index contributed by atoms with van der Waals surface area (Å²) in [4.78, 5) is 20.8. The second-order valence-corrected chi connectivity index (χ2v) is 7.48. The van der Waals surface area contributed by atoms with Crippen LogP contribution in [0.4, 0.5) is 5.82 Å². The molecule has 31 heavy (non-hydrogen) atoms. The SMILES string of the molecule is CCN(CC)CCCC(C)Nc1ncnc2nc(-c3ccco3)c(-c3ccco3)nc12. The third-order valence-electron chi connectivity index (χ3n) is 5.37.